The Kier molecular flexibility index (Phi) is 4.08. The first-order valence-corrected chi connectivity index (χ1v) is 6.86. The average Bonchev–Trinajstić information content (AvgIpc) is 2.45. The van der Waals surface area contributed by atoms with Gasteiger partial charge in [0.05, 0.1) is 12.6 Å². The van der Waals surface area contributed by atoms with E-state index in [9.17, 15) is 9.59 Å². The van der Waals surface area contributed by atoms with Gasteiger partial charge in [-0.3, -0.25) is 9.69 Å². The summed E-state index contributed by atoms with van der Waals surface area (Å²) in [7, 11) is 1.38. The van der Waals surface area contributed by atoms with Crippen LogP contribution in [0.15, 0.2) is 24.9 Å². The molecule has 0 aromatic rings. The number of nitrogens with zero attached hydrogens (tertiary/aromatic N) is 1. The predicted octanol–water partition coefficient (Wildman–Crippen LogP) is 3.05. The van der Waals surface area contributed by atoms with Gasteiger partial charge in [-0.2, -0.15) is 0 Å². The maximum atomic E-state index is 12.2. The van der Waals surface area contributed by atoms with Crippen molar-refractivity contribution in [2.45, 2.75) is 44.1 Å². The SMILES string of the molecule is C=CCC[C@]12CCCC[C@H]1C(=O)C=CN2C(=O)OC. The van der Waals surface area contributed by atoms with Crippen molar-refractivity contribution in [2.75, 3.05) is 7.11 Å². The van der Waals surface area contributed by atoms with E-state index in [0.717, 1.165) is 38.5 Å². The summed E-state index contributed by atoms with van der Waals surface area (Å²) in [6, 6.07) is 0. The summed E-state index contributed by atoms with van der Waals surface area (Å²) in [5.74, 6) is 0.0502. The van der Waals surface area contributed by atoms with Crippen LogP contribution in [0.2, 0.25) is 0 Å². The minimum absolute atomic E-state index is 0.0923. The molecular formula is C15H21NO3. The molecular weight excluding hydrogens is 242 g/mol. The number of hydrogen-bond donors (Lipinski definition) is 0. The van der Waals surface area contributed by atoms with Gasteiger partial charge in [-0.15, -0.1) is 6.58 Å². The minimum Gasteiger partial charge on any atom is -0.452 e. The van der Waals surface area contributed by atoms with Crippen molar-refractivity contribution in [1.29, 1.82) is 0 Å². The first kappa shape index (κ1) is 13.8. The zero-order valence-electron chi connectivity index (χ0n) is 11.4. The summed E-state index contributed by atoms with van der Waals surface area (Å²) in [6.07, 6.45) is 9.95. The van der Waals surface area contributed by atoms with Gasteiger partial charge in [0.1, 0.15) is 0 Å². The largest absolute Gasteiger partial charge is 0.452 e. The molecule has 4 heteroatoms. The maximum absolute atomic E-state index is 12.2. The van der Waals surface area contributed by atoms with Crippen molar-refractivity contribution in [3.8, 4) is 0 Å². The van der Waals surface area contributed by atoms with E-state index in [0.29, 0.717) is 0 Å². The van der Waals surface area contributed by atoms with Gasteiger partial charge in [-0.05, 0) is 31.8 Å². The monoisotopic (exact) mass is 263 g/mol. The Bertz CT molecular complexity index is 416. The highest BCUT2D eigenvalue weighted by atomic mass is 16.5. The van der Waals surface area contributed by atoms with Gasteiger partial charge in [-0.25, -0.2) is 4.79 Å². The molecule has 0 aromatic heterocycles. The Morgan fingerprint density at radius 1 is 1.63 bits per heavy atom. The summed E-state index contributed by atoms with van der Waals surface area (Å²) in [5.41, 5.74) is -0.411. The fraction of sp³-hybridized carbons (Fsp3) is 0.600. The Hall–Kier alpha value is -1.58. The number of hydrogen-bond acceptors (Lipinski definition) is 3. The summed E-state index contributed by atoms with van der Waals surface area (Å²) in [6.45, 7) is 3.75. The van der Waals surface area contributed by atoms with Crippen molar-refractivity contribution in [1.82, 2.24) is 4.90 Å². The first-order valence-electron chi connectivity index (χ1n) is 6.86. The van der Waals surface area contributed by atoms with E-state index < -0.39 is 5.54 Å². The van der Waals surface area contributed by atoms with Gasteiger partial charge in [0.25, 0.3) is 0 Å². The van der Waals surface area contributed by atoms with Crippen LogP contribution in [-0.2, 0) is 9.53 Å². The molecule has 0 bridgehead atoms. The highest BCUT2D eigenvalue weighted by molar-refractivity contribution is 5.95. The molecule has 0 radical (unpaired) electrons. The molecule has 0 spiro atoms. The van der Waals surface area contributed by atoms with Crippen LogP contribution in [0.5, 0.6) is 0 Å². The zero-order chi connectivity index (χ0) is 13.9. The molecule has 1 fully saturated rings. The Morgan fingerprint density at radius 2 is 2.42 bits per heavy atom. The van der Waals surface area contributed by atoms with Crippen molar-refractivity contribution >= 4 is 11.9 Å². The van der Waals surface area contributed by atoms with E-state index in [1.807, 2.05) is 6.08 Å². The summed E-state index contributed by atoms with van der Waals surface area (Å²) in [4.78, 5) is 25.8. The molecule has 2 rings (SSSR count). The van der Waals surface area contributed by atoms with Gasteiger partial charge in [0.2, 0.25) is 0 Å². The van der Waals surface area contributed by atoms with Crippen LogP contribution >= 0.6 is 0 Å². The van der Waals surface area contributed by atoms with Crippen LogP contribution in [0.3, 0.4) is 0 Å². The molecule has 0 saturated heterocycles. The standard InChI is InChI=1S/C15H21NO3/c1-3-4-9-15-10-6-5-7-12(15)13(17)8-11-16(15)14(18)19-2/h3,8,11-12H,1,4-7,9-10H2,2H3/t12-,15-/m0/s1. The van der Waals surface area contributed by atoms with Crippen LogP contribution in [0, 0.1) is 5.92 Å². The van der Waals surface area contributed by atoms with E-state index in [1.165, 1.54) is 13.2 Å². The van der Waals surface area contributed by atoms with Gasteiger partial charge >= 0.3 is 6.09 Å². The van der Waals surface area contributed by atoms with E-state index in [4.69, 9.17) is 4.74 Å². The number of amides is 1. The third kappa shape index (κ3) is 2.31. The van der Waals surface area contributed by atoms with Crippen LogP contribution in [-0.4, -0.2) is 29.4 Å². The number of carbonyl (C=O) groups is 2. The molecule has 2 atom stereocenters. The van der Waals surface area contributed by atoms with Crippen molar-refractivity contribution in [3.05, 3.63) is 24.9 Å². The first-order chi connectivity index (χ1) is 9.15. The number of ketones is 1. The summed E-state index contributed by atoms with van der Waals surface area (Å²) in [5, 5.41) is 0. The Labute approximate surface area is 114 Å². The van der Waals surface area contributed by atoms with Crippen LogP contribution in [0.25, 0.3) is 0 Å². The molecule has 0 N–H and O–H groups in total. The number of methoxy groups -OCH3 is 1. The van der Waals surface area contributed by atoms with Crippen molar-refractivity contribution in [3.63, 3.8) is 0 Å². The topological polar surface area (TPSA) is 46.6 Å². The zero-order valence-corrected chi connectivity index (χ0v) is 11.4. The Balaban J connectivity index is 2.39. The molecule has 1 aliphatic carbocycles. The fourth-order valence-corrected chi connectivity index (χ4v) is 3.44. The van der Waals surface area contributed by atoms with Gasteiger partial charge in [-0.1, -0.05) is 18.9 Å². The summed E-state index contributed by atoms with van der Waals surface area (Å²) < 4.78 is 4.88. The lowest BCUT2D eigenvalue weighted by molar-refractivity contribution is -0.126. The second kappa shape index (κ2) is 5.59. The van der Waals surface area contributed by atoms with E-state index >= 15 is 0 Å². The normalized spacial score (nSPS) is 29.8. The van der Waals surface area contributed by atoms with E-state index in [1.54, 1.807) is 11.1 Å². The number of fused-ring (bicyclic) bond motifs is 1. The second-order valence-corrected chi connectivity index (χ2v) is 5.29. The second-order valence-electron chi connectivity index (χ2n) is 5.29. The molecule has 4 nitrogen and oxygen atoms in total. The molecule has 19 heavy (non-hydrogen) atoms. The molecule has 104 valence electrons. The highest BCUT2D eigenvalue weighted by Gasteiger charge is 2.51. The molecule has 0 unspecified atom stereocenters. The number of carbonyl (C=O) groups excluding carboxylic acids is 2. The predicted molar refractivity (Wildman–Crippen MR) is 72.5 cm³/mol. The van der Waals surface area contributed by atoms with Gasteiger partial charge < -0.3 is 4.74 Å². The molecule has 1 amide bonds. The number of allylic oxidation sites excluding steroid dienone is 2. The Morgan fingerprint density at radius 3 is 3.11 bits per heavy atom. The number of rotatable bonds is 3. The smallest absolute Gasteiger partial charge is 0.414 e. The van der Waals surface area contributed by atoms with E-state index in [-0.39, 0.29) is 17.8 Å². The van der Waals surface area contributed by atoms with Crippen molar-refractivity contribution < 1.29 is 14.3 Å². The van der Waals surface area contributed by atoms with Crippen LogP contribution in [0.1, 0.15) is 38.5 Å². The average molecular weight is 263 g/mol. The van der Waals surface area contributed by atoms with Crippen LogP contribution in [0.4, 0.5) is 4.79 Å². The lowest BCUT2D eigenvalue weighted by Gasteiger charge is -2.50. The highest BCUT2D eigenvalue weighted by Crippen LogP contribution is 2.45. The molecule has 1 aliphatic heterocycles. The quantitative estimate of drug-likeness (QED) is 0.735. The molecule has 0 aromatic carbocycles. The summed E-state index contributed by atoms with van der Waals surface area (Å²) >= 11 is 0. The van der Waals surface area contributed by atoms with E-state index in [2.05, 4.69) is 6.58 Å². The lowest BCUT2D eigenvalue weighted by Crippen LogP contribution is -2.59. The molecule has 1 heterocycles. The van der Waals surface area contributed by atoms with Gasteiger partial charge in [0, 0.05) is 12.1 Å². The maximum Gasteiger partial charge on any atom is 0.414 e. The molecule has 2 aliphatic rings. The third-order valence-electron chi connectivity index (χ3n) is 4.36. The fourth-order valence-electron chi connectivity index (χ4n) is 3.44. The van der Waals surface area contributed by atoms with Crippen molar-refractivity contribution in [2.24, 2.45) is 5.92 Å². The van der Waals surface area contributed by atoms with Crippen LogP contribution < -0.4 is 0 Å². The molecule has 1 saturated carbocycles. The lowest BCUT2D eigenvalue weighted by atomic mass is 9.66. The van der Waals surface area contributed by atoms with Gasteiger partial charge in [0.15, 0.2) is 5.78 Å². The number of ether oxygens (including phenoxy) is 1. The minimum atomic E-state index is -0.411. The third-order valence-corrected chi connectivity index (χ3v) is 4.36.